The van der Waals surface area contributed by atoms with E-state index >= 15 is 0 Å². The standard InChI is InChI=1S/C11H15N3S/c15-13-11(10-4-2-1-3-5-10)14-8-6-12-7-9-14/h1-5,12,15H,6-9H2/b13-11+. The molecule has 1 aromatic rings. The molecule has 0 spiro atoms. The van der Waals surface area contributed by atoms with Crippen molar-refractivity contribution in [2.24, 2.45) is 4.40 Å². The van der Waals surface area contributed by atoms with Gasteiger partial charge in [0.05, 0.1) is 0 Å². The quantitative estimate of drug-likeness (QED) is 0.423. The molecule has 1 fully saturated rings. The third-order valence-corrected chi connectivity index (χ3v) is 2.73. The van der Waals surface area contributed by atoms with Crippen molar-refractivity contribution in [2.45, 2.75) is 0 Å². The van der Waals surface area contributed by atoms with Gasteiger partial charge in [-0.2, -0.15) is 0 Å². The van der Waals surface area contributed by atoms with Crippen LogP contribution in [0.2, 0.25) is 0 Å². The van der Waals surface area contributed by atoms with E-state index < -0.39 is 0 Å². The largest absolute Gasteiger partial charge is 0.353 e. The predicted molar refractivity (Wildman–Crippen MR) is 66.4 cm³/mol. The van der Waals surface area contributed by atoms with E-state index in [2.05, 4.69) is 39.6 Å². The molecular weight excluding hydrogens is 206 g/mol. The van der Waals surface area contributed by atoms with Crippen LogP contribution in [0.25, 0.3) is 0 Å². The lowest BCUT2D eigenvalue weighted by Crippen LogP contribution is -2.46. The second-order valence-corrected chi connectivity index (χ2v) is 3.73. The third kappa shape index (κ3) is 2.52. The van der Waals surface area contributed by atoms with Crippen molar-refractivity contribution in [3.8, 4) is 0 Å². The smallest absolute Gasteiger partial charge is 0.143 e. The van der Waals surface area contributed by atoms with E-state index in [9.17, 15) is 0 Å². The van der Waals surface area contributed by atoms with Gasteiger partial charge in [-0.15, -0.1) is 0 Å². The Balaban J connectivity index is 2.17. The fraction of sp³-hybridized carbons (Fsp3) is 0.364. The first kappa shape index (κ1) is 10.5. The van der Waals surface area contributed by atoms with Crippen LogP contribution < -0.4 is 5.32 Å². The number of rotatable bonds is 1. The van der Waals surface area contributed by atoms with Crippen molar-refractivity contribution in [3.63, 3.8) is 0 Å². The lowest BCUT2D eigenvalue weighted by atomic mass is 10.2. The highest BCUT2D eigenvalue weighted by Gasteiger charge is 2.15. The fourth-order valence-corrected chi connectivity index (χ4v) is 2.01. The maximum atomic E-state index is 4.09. The predicted octanol–water partition coefficient (Wildman–Crippen LogP) is 1.18. The Morgan fingerprint density at radius 1 is 1.20 bits per heavy atom. The molecule has 1 N–H and O–H groups in total. The fourth-order valence-electron chi connectivity index (χ4n) is 1.77. The van der Waals surface area contributed by atoms with Crippen molar-refractivity contribution in [3.05, 3.63) is 35.9 Å². The van der Waals surface area contributed by atoms with Gasteiger partial charge in [0.1, 0.15) is 5.84 Å². The maximum Gasteiger partial charge on any atom is 0.143 e. The lowest BCUT2D eigenvalue weighted by Gasteiger charge is -2.30. The van der Waals surface area contributed by atoms with Crippen LogP contribution in [-0.2, 0) is 0 Å². The van der Waals surface area contributed by atoms with Gasteiger partial charge in [-0.25, -0.2) is 4.40 Å². The summed E-state index contributed by atoms with van der Waals surface area (Å²) in [5, 5.41) is 3.32. The zero-order valence-corrected chi connectivity index (χ0v) is 9.45. The van der Waals surface area contributed by atoms with Crippen LogP contribution in [0.5, 0.6) is 0 Å². The molecule has 0 radical (unpaired) electrons. The topological polar surface area (TPSA) is 27.6 Å². The molecule has 1 saturated heterocycles. The Morgan fingerprint density at radius 2 is 1.87 bits per heavy atom. The minimum atomic E-state index is 0.973. The molecule has 1 heterocycles. The first-order valence-electron chi connectivity index (χ1n) is 5.15. The van der Waals surface area contributed by atoms with Gasteiger partial charge in [-0.05, 0) is 12.8 Å². The number of hydrogen-bond acceptors (Lipinski definition) is 3. The molecule has 15 heavy (non-hydrogen) atoms. The third-order valence-electron chi connectivity index (χ3n) is 2.54. The van der Waals surface area contributed by atoms with E-state index in [-0.39, 0.29) is 0 Å². The van der Waals surface area contributed by atoms with Crippen LogP contribution in [0.4, 0.5) is 0 Å². The molecule has 3 nitrogen and oxygen atoms in total. The van der Waals surface area contributed by atoms with Crippen LogP contribution in [-0.4, -0.2) is 36.9 Å². The Labute approximate surface area is 95.7 Å². The highest BCUT2D eigenvalue weighted by molar-refractivity contribution is 7.79. The van der Waals surface area contributed by atoms with E-state index in [0.29, 0.717) is 0 Å². The summed E-state index contributed by atoms with van der Waals surface area (Å²) >= 11 is 4.06. The lowest BCUT2D eigenvalue weighted by molar-refractivity contribution is 0.358. The number of nitrogens with zero attached hydrogens (tertiary/aromatic N) is 2. The molecule has 0 saturated carbocycles. The minimum absolute atomic E-state index is 0.973. The summed E-state index contributed by atoms with van der Waals surface area (Å²) in [6.07, 6.45) is 0. The molecule has 2 rings (SSSR count). The molecule has 0 bridgehead atoms. The molecule has 0 aliphatic carbocycles. The maximum absolute atomic E-state index is 4.09. The SMILES string of the molecule is S/N=C(\c1ccccc1)N1CCNCC1. The number of piperazine rings is 1. The van der Waals surface area contributed by atoms with Crippen molar-refractivity contribution < 1.29 is 0 Å². The number of benzene rings is 1. The van der Waals surface area contributed by atoms with E-state index in [1.807, 2.05) is 18.2 Å². The Hall–Kier alpha value is -1.00. The van der Waals surface area contributed by atoms with Crippen LogP contribution >= 0.6 is 12.8 Å². The van der Waals surface area contributed by atoms with Gasteiger partial charge in [0, 0.05) is 31.7 Å². The van der Waals surface area contributed by atoms with Gasteiger partial charge in [0.2, 0.25) is 0 Å². The first-order chi connectivity index (χ1) is 7.42. The zero-order valence-electron chi connectivity index (χ0n) is 8.56. The molecule has 0 amide bonds. The summed E-state index contributed by atoms with van der Waals surface area (Å²) in [5.74, 6) is 0.973. The van der Waals surface area contributed by atoms with Crippen LogP contribution in [0.15, 0.2) is 34.7 Å². The molecule has 0 unspecified atom stereocenters. The van der Waals surface area contributed by atoms with Crippen LogP contribution in [0.1, 0.15) is 5.56 Å². The minimum Gasteiger partial charge on any atom is -0.353 e. The Bertz CT molecular complexity index is 331. The van der Waals surface area contributed by atoms with E-state index in [4.69, 9.17) is 0 Å². The number of thiol groups is 1. The average molecular weight is 221 g/mol. The van der Waals surface area contributed by atoms with Gasteiger partial charge >= 0.3 is 0 Å². The second kappa shape index (κ2) is 5.19. The summed E-state index contributed by atoms with van der Waals surface area (Å²) in [7, 11) is 0. The molecule has 0 atom stereocenters. The summed E-state index contributed by atoms with van der Waals surface area (Å²) in [5.41, 5.74) is 1.13. The number of nitrogens with one attached hydrogen (secondary N) is 1. The van der Waals surface area contributed by atoms with E-state index in [1.165, 1.54) is 0 Å². The molecular formula is C11H15N3S. The van der Waals surface area contributed by atoms with Gasteiger partial charge < -0.3 is 10.2 Å². The Morgan fingerprint density at radius 3 is 2.47 bits per heavy atom. The van der Waals surface area contributed by atoms with E-state index in [1.54, 1.807) is 0 Å². The van der Waals surface area contributed by atoms with Crippen molar-refractivity contribution in [2.75, 3.05) is 26.2 Å². The summed E-state index contributed by atoms with van der Waals surface area (Å²) in [6.45, 7) is 4.02. The van der Waals surface area contributed by atoms with Crippen molar-refractivity contribution in [1.29, 1.82) is 0 Å². The first-order valence-corrected chi connectivity index (χ1v) is 5.55. The molecule has 4 heteroatoms. The van der Waals surface area contributed by atoms with Crippen molar-refractivity contribution >= 4 is 18.7 Å². The van der Waals surface area contributed by atoms with Crippen LogP contribution in [0.3, 0.4) is 0 Å². The molecule has 80 valence electrons. The number of amidine groups is 1. The second-order valence-electron chi connectivity index (χ2n) is 3.53. The summed E-state index contributed by atoms with van der Waals surface area (Å²) in [4.78, 5) is 2.26. The zero-order chi connectivity index (χ0) is 10.5. The van der Waals surface area contributed by atoms with Gasteiger partial charge in [0.25, 0.3) is 0 Å². The number of hydrogen-bond donors (Lipinski definition) is 2. The average Bonchev–Trinajstić information content (AvgIpc) is 2.33. The van der Waals surface area contributed by atoms with E-state index in [0.717, 1.165) is 37.6 Å². The highest BCUT2D eigenvalue weighted by atomic mass is 32.1. The summed E-state index contributed by atoms with van der Waals surface area (Å²) < 4.78 is 4.09. The monoisotopic (exact) mass is 221 g/mol. The highest BCUT2D eigenvalue weighted by Crippen LogP contribution is 2.08. The Kier molecular flexibility index (Phi) is 3.64. The van der Waals surface area contributed by atoms with Gasteiger partial charge in [-0.1, -0.05) is 30.3 Å². The molecule has 0 aromatic heterocycles. The normalized spacial score (nSPS) is 17.9. The molecule has 1 aromatic carbocycles. The van der Waals surface area contributed by atoms with Crippen LogP contribution in [0, 0.1) is 0 Å². The molecule has 1 aliphatic rings. The molecule has 1 aliphatic heterocycles. The van der Waals surface area contributed by atoms with Gasteiger partial charge in [0.15, 0.2) is 0 Å². The van der Waals surface area contributed by atoms with Crippen molar-refractivity contribution in [1.82, 2.24) is 10.2 Å². The summed E-state index contributed by atoms with van der Waals surface area (Å²) in [6, 6.07) is 10.2. The van der Waals surface area contributed by atoms with Gasteiger partial charge in [-0.3, -0.25) is 0 Å².